The molecule has 13 heteroatoms. The fourth-order valence-corrected chi connectivity index (χ4v) is 7.98. The molecule has 7 aromatic rings. The fraction of sp³-hybridized carbons (Fsp3) is 0.0769. The minimum atomic E-state index is -0.453. The second-order valence-corrected chi connectivity index (χ2v) is 14.8. The first-order valence-electron chi connectivity index (χ1n) is 20.1. The summed E-state index contributed by atoms with van der Waals surface area (Å²) < 4.78 is 19.9. The summed E-state index contributed by atoms with van der Waals surface area (Å²) in [6, 6.07) is 36.5. The van der Waals surface area contributed by atoms with E-state index >= 15 is 0 Å². The van der Waals surface area contributed by atoms with Crippen LogP contribution in [0, 0.1) is 0 Å². The Kier molecular flexibility index (Phi) is 12.3. The van der Waals surface area contributed by atoms with Gasteiger partial charge in [-0.3, -0.25) is 0 Å². The number of hydrogen-bond donors (Lipinski definition) is 2. The van der Waals surface area contributed by atoms with Gasteiger partial charge in [0.2, 0.25) is 0 Å². The van der Waals surface area contributed by atoms with Gasteiger partial charge in [-0.25, -0.2) is 29.1 Å². The molecule has 0 aliphatic carbocycles. The summed E-state index contributed by atoms with van der Waals surface area (Å²) in [6.45, 7) is 0. The predicted octanol–water partition coefficient (Wildman–Crippen LogP) is 10.5. The molecule has 0 amide bonds. The molecule has 0 atom stereocenters. The van der Waals surface area contributed by atoms with Crippen LogP contribution in [0.15, 0.2) is 121 Å². The van der Waals surface area contributed by atoms with Gasteiger partial charge in [0.1, 0.15) is 0 Å². The third kappa shape index (κ3) is 8.29. The molecule has 8 bridgehead atoms. The van der Waals surface area contributed by atoms with Crippen molar-refractivity contribution in [3.8, 4) is 44.5 Å². The van der Waals surface area contributed by atoms with Crippen molar-refractivity contribution in [2.45, 2.75) is 0 Å². The summed E-state index contributed by atoms with van der Waals surface area (Å²) in [5, 5.41) is 0. The normalized spacial score (nSPS) is 11.4. The quantitative estimate of drug-likeness (QED) is 0.0852. The number of carbonyl (C=O) groups is 4. The molecule has 325 valence electrons. The summed E-state index contributed by atoms with van der Waals surface area (Å²) in [5.74, 6) is -1.81. The second-order valence-electron chi connectivity index (χ2n) is 14.8. The molecule has 5 heterocycles. The molecule has 0 saturated carbocycles. The van der Waals surface area contributed by atoms with Crippen LogP contribution in [0.2, 0.25) is 0 Å². The van der Waals surface area contributed by atoms with Gasteiger partial charge in [0.25, 0.3) is 0 Å². The van der Waals surface area contributed by atoms with Gasteiger partial charge in [-0.1, -0.05) is 48.5 Å². The molecule has 0 fully saturated rings. The average molecular weight is 910 g/mol. The van der Waals surface area contributed by atoms with E-state index in [0.717, 1.165) is 66.6 Å². The van der Waals surface area contributed by atoms with Gasteiger partial charge in [0.15, 0.2) is 0 Å². The maximum absolute atomic E-state index is 12.5. The first-order chi connectivity index (χ1) is 31.2. The van der Waals surface area contributed by atoms with E-state index < -0.39 is 23.9 Å². The number of hydrogen-bond acceptors (Lipinski definition) is 10. The van der Waals surface area contributed by atoms with Crippen LogP contribution >= 0.6 is 0 Å². The molecule has 65 heavy (non-hydrogen) atoms. The van der Waals surface area contributed by atoms with Crippen molar-refractivity contribution in [1.29, 1.82) is 0 Å². The average Bonchev–Trinajstić information content (AvgIpc) is 4.20. The van der Waals surface area contributed by atoms with E-state index in [2.05, 4.69) is 9.97 Å². The Balaban J connectivity index is 0.00000576. The molecule has 2 aliphatic heterocycles. The SMILES string of the molecule is COC(=O)c1ccc(-c2c3nc(c(-c4ccc(C(=O)OC)cc4)c4ccc([nH]4)c(-c4ccc(C(=O)OC)cc4)c4nc(c(-c5ccc(C(=O)OC)cc5)c5ccc2[nH]5)C=C4)C=C3)cc1.[Cu]. The number of aromatic amines is 2. The molecule has 0 spiro atoms. The molecule has 2 N–H and O–H groups in total. The minimum Gasteiger partial charge on any atom is -0.465 e. The van der Waals surface area contributed by atoms with Crippen molar-refractivity contribution in [2.75, 3.05) is 28.4 Å². The molecule has 2 aliphatic rings. The Hall–Kier alpha value is -8.12. The van der Waals surface area contributed by atoms with Crippen LogP contribution in [0.25, 0.3) is 90.9 Å². The van der Waals surface area contributed by atoms with E-state index in [1.165, 1.54) is 28.4 Å². The molecule has 9 rings (SSSR count). The summed E-state index contributed by atoms with van der Waals surface area (Å²) in [7, 11) is 5.38. The number of esters is 4. The Morgan fingerprint density at radius 1 is 0.338 bits per heavy atom. The van der Waals surface area contributed by atoms with Crippen molar-refractivity contribution >= 4 is 70.2 Å². The number of benzene rings is 4. The van der Waals surface area contributed by atoms with Crippen molar-refractivity contribution in [1.82, 2.24) is 19.9 Å². The molecule has 1 radical (unpaired) electrons. The maximum Gasteiger partial charge on any atom is 0.337 e. The number of H-pyrrole nitrogens is 2. The van der Waals surface area contributed by atoms with Crippen molar-refractivity contribution in [3.05, 3.63) is 166 Å². The topological polar surface area (TPSA) is 163 Å². The van der Waals surface area contributed by atoms with Crippen molar-refractivity contribution in [3.63, 3.8) is 0 Å². The monoisotopic (exact) mass is 909 g/mol. The molecule has 4 aromatic carbocycles. The third-order valence-electron chi connectivity index (χ3n) is 11.1. The molecule has 3 aromatic heterocycles. The second kappa shape index (κ2) is 18.3. The van der Waals surface area contributed by atoms with Crippen LogP contribution < -0.4 is 0 Å². The van der Waals surface area contributed by atoms with Gasteiger partial charge in [-0.2, -0.15) is 0 Å². The first kappa shape index (κ1) is 43.5. The van der Waals surface area contributed by atoms with E-state index in [0.29, 0.717) is 45.0 Å². The van der Waals surface area contributed by atoms with Gasteiger partial charge in [0, 0.05) is 61.4 Å². The fourth-order valence-electron chi connectivity index (χ4n) is 7.98. The van der Waals surface area contributed by atoms with Gasteiger partial charge < -0.3 is 28.9 Å². The van der Waals surface area contributed by atoms with Gasteiger partial charge in [-0.05, 0) is 119 Å². The van der Waals surface area contributed by atoms with Crippen LogP contribution in [0.5, 0.6) is 0 Å². The molecule has 12 nitrogen and oxygen atoms in total. The summed E-state index contributed by atoms with van der Waals surface area (Å²) in [5.41, 5.74) is 13.3. The largest absolute Gasteiger partial charge is 0.465 e. The molecule has 0 unspecified atom stereocenters. The Bertz CT molecular complexity index is 2830. The number of carbonyl (C=O) groups excluding carboxylic acids is 4. The first-order valence-corrected chi connectivity index (χ1v) is 20.1. The van der Waals surface area contributed by atoms with E-state index in [-0.39, 0.29) is 17.1 Å². The Morgan fingerprint density at radius 3 is 0.723 bits per heavy atom. The number of aromatic nitrogens is 4. The number of fused-ring (bicyclic) bond motifs is 8. The third-order valence-corrected chi connectivity index (χ3v) is 11.1. The van der Waals surface area contributed by atoms with Gasteiger partial charge in [0.05, 0.1) is 73.5 Å². The smallest absolute Gasteiger partial charge is 0.337 e. The molecule has 0 saturated heterocycles. The number of rotatable bonds is 8. The number of methoxy groups -OCH3 is 4. The Labute approximate surface area is 383 Å². The molecular formula is C52H38CuN4O8. The molecular weight excluding hydrogens is 872 g/mol. The zero-order valence-corrected chi connectivity index (χ0v) is 36.3. The summed E-state index contributed by atoms with van der Waals surface area (Å²) in [4.78, 5) is 67.9. The number of nitrogens with zero attached hydrogens (tertiary/aromatic N) is 2. The van der Waals surface area contributed by atoms with E-state index in [4.69, 9.17) is 28.9 Å². The standard InChI is InChI=1S/C52H38N4O8.Cu/c1-61-49(57)33-13-5-29(6-14-33)45-37-21-23-39(53-37)46(30-7-15-34(16-8-30)50(58)62-2)41-25-27-43(55-41)48(32-11-19-36(20-12-32)52(60)64-4)44-28-26-42(56-44)47(40-24-22-38(45)54-40)31-9-17-35(18-10-31)51(59)63-3;/h5-28,53,56H,1-4H3;. The van der Waals surface area contributed by atoms with Gasteiger partial charge >= 0.3 is 23.9 Å². The predicted molar refractivity (Wildman–Crippen MR) is 246 cm³/mol. The number of ether oxygens (including phenoxy) is 4. The van der Waals surface area contributed by atoms with Crippen LogP contribution in [0.1, 0.15) is 64.2 Å². The van der Waals surface area contributed by atoms with Crippen LogP contribution in [0.4, 0.5) is 0 Å². The van der Waals surface area contributed by atoms with Crippen LogP contribution in [0.3, 0.4) is 0 Å². The Morgan fingerprint density at radius 2 is 0.538 bits per heavy atom. The van der Waals surface area contributed by atoms with E-state index in [9.17, 15) is 19.2 Å². The van der Waals surface area contributed by atoms with Crippen molar-refractivity contribution < 1.29 is 55.2 Å². The van der Waals surface area contributed by atoms with Crippen LogP contribution in [-0.2, 0) is 36.0 Å². The summed E-state index contributed by atoms with van der Waals surface area (Å²) >= 11 is 0. The summed E-state index contributed by atoms with van der Waals surface area (Å²) in [6.07, 6.45) is 7.80. The van der Waals surface area contributed by atoms with E-state index in [1.807, 2.05) is 97.1 Å². The van der Waals surface area contributed by atoms with Crippen LogP contribution in [-0.4, -0.2) is 72.3 Å². The zero-order valence-electron chi connectivity index (χ0n) is 35.3. The number of nitrogens with one attached hydrogen (secondary N) is 2. The maximum atomic E-state index is 12.5. The zero-order chi connectivity index (χ0) is 44.5. The van der Waals surface area contributed by atoms with Gasteiger partial charge in [-0.15, -0.1) is 0 Å². The minimum absolute atomic E-state index is 0. The van der Waals surface area contributed by atoms with E-state index in [1.54, 1.807) is 48.5 Å². The van der Waals surface area contributed by atoms with Crippen molar-refractivity contribution in [2.24, 2.45) is 0 Å².